The lowest BCUT2D eigenvalue weighted by atomic mass is 9.88. The van der Waals surface area contributed by atoms with E-state index in [4.69, 9.17) is 4.74 Å². The number of benzene rings is 1. The van der Waals surface area contributed by atoms with Crippen LogP contribution in [0.3, 0.4) is 0 Å². The molecule has 3 amide bonds. The summed E-state index contributed by atoms with van der Waals surface area (Å²) in [5.41, 5.74) is 0.309. The van der Waals surface area contributed by atoms with E-state index in [2.05, 4.69) is 27.2 Å². The summed E-state index contributed by atoms with van der Waals surface area (Å²) in [6.45, 7) is 8.09. The molecule has 8 nitrogen and oxygen atoms in total. The van der Waals surface area contributed by atoms with Crippen molar-refractivity contribution in [3.63, 3.8) is 0 Å². The van der Waals surface area contributed by atoms with Gasteiger partial charge in [-0.25, -0.2) is 4.79 Å². The monoisotopic (exact) mass is 430 g/mol. The van der Waals surface area contributed by atoms with E-state index < -0.39 is 17.7 Å². The van der Waals surface area contributed by atoms with Crippen molar-refractivity contribution in [2.24, 2.45) is 0 Å². The van der Waals surface area contributed by atoms with Crippen LogP contribution in [0, 0.1) is 0 Å². The molecule has 170 valence electrons. The number of aliphatic hydroxyl groups excluding tert-OH is 1. The zero-order chi connectivity index (χ0) is 22.0. The Labute approximate surface area is 184 Å². The molecule has 4 unspecified atom stereocenters. The van der Waals surface area contributed by atoms with Crippen LogP contribution in [0.15, 0.2) is 30.3 Å². The van der Waals surface area contributed by atoms with Gasteiger partial charge < -0.3 is 15.2 Å². The molecule has 3 fully saturated rings. The van der Waals surface area contributed by atoms with Gasteiger partial charge in [0, 0.05) is 32.7 Å². The van der Waals surface area contributed by atoms with E-state index >= 15 is 0 Å². The lowest BCUT2D eigenvalue weighted by molar-refractivity contribution is -0.134. The van der Waals surface area contributed by atoms with E-state index in [1.807, 2.05) is 32.0 Å². The lowest BCUT2D eigenvalue weighted by Crippen LogP contribution is -2.58. The number of ether oxygens (including phenoxy) is 1. The van der Waals surface area contributed by atoms with E-state index in [-0.39, 0.29) is 24.7 Å². The molecule has 3 aliphatic rings. The number of piperidine rings is 1. The third kappa shape index (κ3) is 5.09. The normalized spacial score (nSPS) is 31.3. The summed E-state index contributed by atoms with van der Waals surface area (Å²) in [5.74, 6) is -0.210. The molecule has 1 aromatic carbocycles. The lowest BCUT2D eigenvalue weighted by Gasteiger charge is -2.38. The Morgan fingerprint density at radius 1 is 1.13 bits per heavy atom. The minimum atomic E-state index is -0.883. The maximum absolute atomic E-state index is 13.3. The predicted octanol–water partition coefficient (Wildman–Crippen LogP) is 1.04. The van der Waals surface area contributed by atoms with Gasteiger partial charge in [-0.3, -0.25) is 19.5 Å². The van der Waals surface area contributed by atoms with Crippen molar-refractivity contribution < 1.29 is 19.4 Å². The zero-order valence-electron chi connectivity index (χ0n) is 18.5. The summed E-state index contributed by atoms with van der Waals surface area (Å²) in [4.78, 5) is 31.6. The highest BCUT2D eigenvalue weighted by Crippen LogP contribution is 2.29. The van der Waals surface area contributed by atoms with Gasteiger partial charge in [0.1, 0.15) is 5.54 Å². The number of carbonyl (C=O) groups is 2. The molecule has 3 aliphatic heterocycles. The van der Waals surface area contributed by atoms with Gasteiger partial charge in [0.05, 0.1) is 24.9 Å². The number of likely N-dealkylation sites (tertiary alicyclic amines) is 1. The van der Waals surface area contributed by atoms with Crippen LogP contribution in [0.5, 0.6) is 0 Å². The SMILES string of the molecule is CC1CN(CC(O)CN2C(=O)NC3(CCCN(Cc4ccccc4)C3)C2=O)CC(C)O1. The van der Waals surface area contributed by atoms with Gasteiger partial charge in [0.2, 0.25) is 0 Å². The molecule has 8 heteroatoms. The molecule has 3 heterocycles. The molecule has 0 radical (unpaired) electrons. The maximum atomic E-state index is 13.3. The van der Waals surface area contributed by atoms with E-state index in [0.29, 0.717) is 19.5 Å². The smallest absolute Gasteiger partial charge is 0.325 e. The number of β-amino-alcohol motifs (C(OH)–C–C–N with tert-alkyl or cyclic N) is 1. The number of amides is 3. The molecular formula is C23H34N4O4. The average molecular weight is 431 g/mol. The Kier molecular flexibility index (Phi) is 6.62. The van der Waals surface area contributed by atoms with Crippen LogP contribution in [0.4, 0.5) is 4.79 Å². The van der Waals surface area contributed by atoms with E-state index in [9.17, 15) is 14.7 Å². The van der Waals surface area contributed by atoms with Crippen LogP contribution in [0.25, 0.3) is 0 Å². The number of urea groups is 1. The maximum Gasteiger partial charge on any atom is 0.325 e. The summed E-state index contributed by atoms with van der Waals surface area (Å²) in [7, 11) is 0. The minimum absolute atomic E-state index is 0.0191. The fourth-order valence-corrected chi connectivity index (χ4v) is 5.24. The van der Waals surface area contributed by atoms with Crippen molar-refractivity contribution in [3.05, 3.63) is 35.9 Å². The summed E-state index contributed by atoms with van der Waals surface area (Å²) in [6.07, 6.45) is 0.904. The van der Waals surface area contributed by atoms with Crippen LogP contribution in [0.1, 0.15) is 32.3 Å². The molecule has 0 bridgehead atoms. The Morgan fingerprint density at radius 2 is 1.84 bits per heavy atom. The number of nitrogens with zero attached hydrogens (tertiary/aromatic N) is 3. The van der Waals surface area contributed by atoms with Crippen LogP contribution < -0.4 is 5.32 Å². The second-order valence-electron chi connectivity index (χ2n) is 9.36. The fraction of sp³-hybridized carbons (Fsp3) is 0.652. The molecular weight excluding hydrogens is 396 g/mol. The Hall–Kier alpha value is -2.00. The molecule has 0 aromatic heterocycles. The quantitative estimate of drug-likeness (QED) is 0.656. The Bertz CT molecular complexity index is 781. The highest BCUT2D eigenvalue weighted by atomic mass is 16.5. The molecule has 0 aliphatic carbocycles. The third-order valence-corrected chi connectivity index (χ3v) is 6.42. The van der Waals surface area contributed by atoms with Crippen molar-refractivity contribution in [2.75, 3.05) is 39.3 Å². The zero-order valence-corrected chi connectivity index (χ0v) is 18.5. The topological polar surface area (TPSA) is 85.4 Å². The number of hydrogen-bond acceptors (Lipinski definition) is 6. The van der Waals surface area contributed by atoms with E-state index in [1.54, 1.807) is 0 Å². The molecule has 4 rings (SSSR count). The Morgan fingerprint density at radius 3 is 2.55 bits per heavy atom. The van der Waals surface area contributed by atoms with Gasteiger partial charge in [0.25, 0.3) is 5.91 Å². The molecule has 1 spiro atoms. The van der Waals surface area contributed by atoms with Crippen molar-refractivity contribution in [2.45, 2.75) is 57.1 Å². The fourth-order valence-electron chi connectivity index (χ4n) is 5.24. The van der Waals surface area contributed by atoms with Crippen LogP contribution in [-0.2, 0) is 16.1 Å². The highest BCUT2D eigenvalue weighted by Gasteiger charge is 2.53. The molecule has 4 atom stereocenters. The first-order chi connectivity index (χ1) is 14.8. The van der Waals surface area contributed by atoms with Crippen LogP contribution in [-0.4, -0.2) is 94.9 Å². The first-order valence-corrected chi connectivity index (χ1v) is 11.3. The molecule has 31 heavy (non-hydrogen) atoms. The number of morpholine rings is 1. The van der Waals surface area contributed by atoms with Gasteiger partial charge in [-0.1, -0.05) is 30.3 Å². The number of imide groups is 1. The summed E-state index contributed by atoms with van der Waals surface area (Å²) in [6, 6.07) is 9.77. The molecule has 0 saturated carbocycles. The molecule has 1 aromatic rings. The first-order valence-electron chi connectivity index (χ1n) is 11.3. The summed E-state index contributed by atoms with van der Waals surface area (Å²) >= 11 is 0. The number of hydrogen-bond donors (Lipinski definition) is 2. The van der Waals surface area contributed by atoms with Crippen molar-refractivity contribution in [1.82, 2.24) is 20.0 Å². The standard InChI is InChI=1S/C23H34N4O4/c1-17-11-26(12-18(2)31-17)14-20(28)15-27-21(29)23(24-22(27)30)9-6-10-25(16-23)13-19-7-4-3-5-8-19/h3-5,7-8,17-18,20,28H,6,9-16H2,1-2H3,(H,24,30). The Balaban J connectivity index is 1.36. The molecule has 3 saturated heterocycles. The van der Waals surface area contributed by atoms with E-state index in [0.717, 1.165) is 32.6 Å². The number of carbonyl (C=O) groups excluding carboxylic acids is 2. The average Bonchev–Trinajstić information content (AvgIpc) is 2.92. The molecule has 2 N–H and O–H groups in total. The third-order valence-electron chi connectivity index (χ3n) is 6.42. The van der Waals surface area contributed by atoms with E-state index in [1.165, 1.54) is 10.5 Å². The number of nitrogens with one attached hydrogen (secondary N) is 1. The number of rotatable bonds is 6. The van der Waals surface area contributed by atoms with Gasteiger partial charge in [-0.15, -0.1) is 0 Å². The van der Waals surface area contributed by atoms with Gasteiger partial charge >= 0.3 is 6.03 Å². The summed E-state index contributed by atoms with van der Waals surface area (Å²) < 4.78 is 5.74. The van der Waals surface area contributed by atoms with Gasteiger partial charge in [-0.2, -0.15) is 0 Å². The van der Waals surface area contributed by atoms with Crippen LogP contribution in [0.2, 0.25) is 0 Å². The van der Waals surface area contributed by atoms with Crippen molar-refractivity contribution >= 4 is 11.9 Å². The second-order valence-corrected chi connectivity index (χ2v) is 9.36. The number of aliphatic hydroxyl groups is 1. The predicted molar refractivity (Wildman–Crippen MR) is 116 cm³/mol. The minimum Gasteiger partial charge on any atom is -0.390 e. The van der Waals surface area contributed by atoms with Gasteiger partial charge in [0.15, 0.2) is 0 Å². The van der Waals surface area contributed by atoms with Crippen LogP contribution >= 0.6 is 0 Å². The van der Waals surface area contributed by atoms with Crippen molar-refractivity contribution in [3.8, 4) is 0 Å². The second kappa shape index (κ2) is 9.24. The largest absolute Gasteiger partial charge is 0.390 e. The van der Waals surface area contributed by atoms with Gasteiger partial charge in [-0.05, 0) is 38.8 Å². The summed E-state index contributed by atoms with van der Waals surface area (Å²) in [5, 5.41) is 13.6. The van der Waals surface area contributed by atoms with Crippen molar-refractivity contribution in [1.29, 1.82) is 0 Å². The highest BCUT2D eigenvalue weighted by molar-refractivity contribution is 6.07. The first kappa shape index (κ1) is 22.2.